The van der Waals surface area contributed by atoms with Gasteiger partial charge in [-0.2, -0.15) is 11.8 Å². The van der Waals surface area contributed by atoms with Crippen molar-refractivity contribution in [1.29, 1.82) is 0 Å². The number of hydrogen-bond acceptors (Lipinski definition) is 13. The molecule has 4 bridgehead atoms. The third-order valence-electron chi connectivity index (χ3n) is 20.8. The molecule has 21 nitrogen and oxygen atoms in total. The summed E-state index contributed by atoms with van der Waals surface area (Å²) in [6.07, 6.45) is 18.6. The molecule has 0 radical (unpaired) electrons. The number of benzene rings is 2. The van der Waals surface area contributed by atoms with Crippen molar-refractivity contribution in [3.05, 3.63) is 60.3 Å². The highest BCUT2D eigenvalue weighted by atomic mass is 32.2. The highest BCUT2D eigenvalue weighted by molar-refractivity contribution is 8.00. The molecule has 90 heavy (non-hydrogen) atoms. The van der Waals surface area contributed by atoms with E-state index in [9.17, 15) is 52.5 Å². The minimum atomic E-state index is -3.92. The second-order valence-electron chi connectivity index (χ2n) is 27.5. The molecule has 1 aromatic heterocycles. The first-order valence-corrected chi connectivity index (χ1v) is 36.3. The van der Waals surface area contributed by atoms with Crippen LogP contribution in [-0.2, 0) is 29.2 Å². The van der Waals surface area contributed by atoms with Crippen LogP contribution in [0.4, 0.5) is 9.59 Å². The van der Waals surface area contributed by atoms with Crippen LogP contribution in [0.5, 0.6) is 5.75 Å². The number of aromatic nitrogens is 1. The average molecular weight is 1290 g/mol. The number of likely N-dealkylation sites (tertiary alicyclic amines) is 2. The molecule has 8 fully saturated rings. The fourth-order valence-corrected chi connectivity index (χ4v) is 18.9. The topological polar surface area (TPSA) is 281 Å². The number of fused-ring (bicyclic) bond motifs is 2. The van der Waals surface area contributed by atoms with Gasteiger partial charge in [0, 0.05) is 94.2 Å². The van der Waals surface area contributed by atoms with E-state index >= 15 is 0 Å². The molecule has 4 saturated carbocycles. The van der Waals surface area contributed by atoms with Gasteiger partial charge in [-0.25, -0.2) is 22.0 Å². The van der Waals surface area contributed by atoms with Crippen LogP contribution in [0.15, 0.2) is 59.6 Å². The molecule has 11 rings (SSSR count). The first kappa shape index (κ1) is 67.3. The molecule has 4 atom stereocenters. The van der Waals surface area contributed by atoms with Crippen LogP contribution in [-0.4, -0.2) is 184 Å². The van der Waals surface area contributed by atoms with Crippen LogP contribution in [0.2, 0.25) is 0 Å². The summed E-state index contributed by atoms with van der Waals surface area (Å²) in [5.74, 6) is 3.52. The van der Waals surface area contributed by atoms with Gasteiger partial charge >= 0.3 is 12.1 Å². The highest BCUT2D eigenvalue weighted by Gasteiger charge is 2.58. The van der Waals surface area contributed by atoms with E-state index < -0.39 is 27.3 Å². The largest absolute Gasteiger partial charge is 0.490 e. The molecule has 3 aromatic rings. The summed E-state index contributed by atoms with van der Waals surface area (Å²) in [6, 6.07) is 13.4. The fourth-order valence-electron chi connectivity index (χ4n) is 16.0. The Labute approximate surface area is 535 Å². The number of carbonyl (C=O) groups excluding carboxylic acids is 6. The molecule has 4 aliphatic carbocycles. The van der Waals surface area contributed by atoms with Crippen molar-refractivity contribution in [1.82, 2.24) is 45.3 Å². The molecule has 5 heterocycles. The molecular weight excluding hydrogens is 1190 g/mol. The van der Waals surface area contributed by atoms with E-state index in [2.05, 4.69) is 26.6 Å². The maximum absolute atomic E-state index is 14.5. The molecule has 8 aliphatic rings. The Kier molecular flexibility index (Phi) is 22.7. The lowest BCUT2D eigenvalue weighted by molar-refractivity contribution is -0.197. The summed E-state index contributed by atoms with van der Waals surface area (Å²) in [5, 5.41) is 51.7. The van der Waals surface area contributed by atoms with E-state index in [1.807, 2.05) is 23.6 Å². The Bertz CT molecular complexity index is 3040. The lowest BCUT2D eigenvalue weighted by Crippen LogP contribution is -2.65. The molecule has 8 amide bonds. The van der Waals surface area contributed by atoms with E-state index in [0.29, 0.717) is 124 Å². The number of amides is 8. The average Bonchev–Trinajstić information content (AvgIpc) is 1.96. The maximum atomic E-state index is 14.5. The summed E-state index contributed by atoms with van der Waals surface area (Å²) in [5.41, 5.74) is -1.76. The van der Waals surface area contributed by atoms with E-state index in [4.69, 9.17) is 4.74 Å². The number of hydrogen-bond donors (Lipinski definition) is 8. The Morgan fingerprint density at radius 3 is 1.82 bits per heavy atom. The minimum absolute atomic E-state index is 0.00535. The Balaban J connectivity index is 0.619. The number of aryl methyl sites for hydroxylation is 1. The van der Waals surface area contributed by atoms with Gasteiger partial charge in [0.1, 0.15) is 18.5 Å². The summed E-state index contributed by atoms with van der Waals surface area (Å²) >= 11 is 1.89. The van der Waals surface area contributed by atoms with Crippen LogP contribution >= 0.6 is 11.8 Å². The van der Waals surface area contributed by atoms with Gasteiger partial charge in [-0.3, -0.25) is 19.2 Å². The van der Waals surface area contributed by atoms with Crippen molar-refractivity contribution in [2.75, 3.05) is 71.3 Å². The quantitative estimate of drug-likeness (QED) is 0.0229. The van der Waals surface area contributed by atoms with Crippen LogP contribution in [0.1, 0.15) is 166 Å². The van der Waals surface area contributed by atoms with Gasteiger partial charge in [0.15, 0.2) is 0 Å². The minimum Gasteiger partial charge on any atom is -0.490 e. The van der Waals surface area contributed by atoms with Gasteiger partial charge in [-0.15, -0.1) is 0 Å². The zero-order valence-electron chi connectivity index (χ0n) is 52.8. The number of aliphatic hydroxyl groups excluding tert-OH is 1. The van der Waals surface area contributed by atoms with Gasteiger partial charge in [0.2, 0.25) is 23.6 Å². The molecule has 4 aliphatic heterocycles. The number of unbranched alkanes of at least 4 members (excludes halogenated alkanes) is 7. The number of carbonyl (C=O) groups is 6. The normalized spacial score (nSPS) is 25.1. The van der Waals surface area contributed by atoms with Crippen LogP contribution in [0.25, 0.3) is 10.9 Å². The third kappa shape index (κ3) is 16.6. The standard InChI is InChI=1S/C67H99N9O12S2/c1-47-20-22-52(23-21-47)90(86,87)76-33-24-53-55(76)14-13-15-56(53)88-45-51(77)44-75(64(83)74-36-27-67(85,28-37-74)66(84)25-34-73(35-26-66)62(81)65-41-48-38-49(42-65)40-50(39-48)43-65)32-12-4-11-31-70-59(79)18-6-2-9-29-68-58(78)17-5-3-10-30-69-60(80)19-8-7-16-57-61-54(46-89-57)71-63(82)72-61/h13-15,20-24,33,48-51,54,57,61,77,84-85H,2-12,16-19,25-32,34-46H2,1H3,(H,68,78)(H,69,80)(H,70,79)(H2,71,72,82)/t48?,49?,50?,51?,54-,57-,61-,65?/m0/s1. The van der Waals surface area contributed by atoms with E-state index in [0.717, 1.165) is 81.9 Å². The highest BCUT2D eigenvalue weighted by Crippen LogP contribution is 2.61. The maximum Gasteiger partial charge on any atom is 0.320 e. The first-order chi connectivity index (χ1) is 43.3. The number of rotatable bonds is 32. The van der Waals surface area contributed by atoms with Crippen LogP contribution < -0.4 is 31.3 Å². The predicted molar refractivity (Wildman–Crippen MR) is 345 cm³/mol. The van der Waals surface area contributed by atoms with Gasteiger partial charge in [-0.1, -0.05) is 43.0 Å². The molecule has 1 unspecified atom stereocenters. The molecule has 2 aromatic carbocycles. The summed E-state index contributed by atoms with van der Waals surface area (Å²) < 4.78 is 34.7. The molecule has 23 heteroatoms. The van der Waals surface area contributed by atoms with Crippen molar-refractivity contribution in [3.63, 3.8) is 0 Å². The third-order valence-corrected chi connectivity index (χ3v) is 24.0. The lowest BCUT2D eigenvalue weighted by Gasteiger charge is -2.57. The van der Waals surface area contributed by atoms with Crippen LogP contribution in [0.3, 0.4) is 0 Å². The molecular formula is C67H99N9O12S2. The smallest absolute Gasteiger partial charge is 0.320 e. The SMILES string of the molecule is Cc1ccc(S(=O)(=O)n2ccc3c(OCC(O)CN(CCCCCNC(=O)CCCCCNC(=O)CCCCCNC(=O)CCCC[C@@H]4SC[C@@H]5NC(=O)N[C@@H]54)C(=O)N4CCC(O)(C5(O)CCN(C(=O)C67CC8CC(CC(C8)C6)C7)CC5)CC4)cccc32)cc1. The van der Waals surface area contributed by atoms with E-state index in [1.54, 1.807) is 58.3 Å². The molecule has 0 spiro atoms. The molecule has 4 saturated heterocycles. The lowest BCUT2D eigenvalue weighted by atomic mass is 9.49. The number of ether oxygens (including phenoxy) is 1. The van der Waals surface area contributed by atoms with Crippen molar-refractivity contribution in [2.24, 2.45) is 23.2 Å². The number of piperidine rings is 2. The van der Waals surface area contributed by atoms with E-state index in [-0.39, 0.29) is 110 Å². The van der Waals surface area contributed by atoms with E-state index in [1.165, 1.54) is 29.4 Å². The van der Waals surface area contributed by atoms with Gasteiger partial charge in [-0.05, 0) is 177 Å². The number of aliphatic hydroxyl groups is 3. The number of nitrogens with one attached hydrogen (secondary N) is 5. The Morgan fingerprint density at radius 1 is 0.700 bits per heavy atom. The van der Waals surface area contributed by atoms with Gasteiger partial charge in [0.05, 0.1) is 45.7 Å². The van der Waals surface area contributed by atoms with Gasteiger partial charge in [0.25, 0.3) is 10.0 Å². The van der Waals surface area contributed by atoms with Crippen molar-refractivity contribution in [3.8, 4) is 5.75 Å². The second-order valence-corrected chi connectivity index (χ2v) is 30.5. The Morgan fingerprint density at radius 2 is 1.24 bits per heavy atom. The first-order valence-electron chi connectivity index (χ1n) is 33.8. The summed E-state index contributed by atoms with van der Waals surface area (Å²) in [4.78, 5) is 83.2. The molecule has 8 N–H and O–H groups in total. The zero-order chi connectivity index (χ0) is 63.5. The number of thioether (sulfide) groups is 1. The van der Waals surface area contributed by atoms with Crippen LogP contribution in [0, 0.1) is 30.1 Å². The summed E-state index contributed by atoms with van der Waals surface area (Å²) in [6.45, 7) is 4.74. The zero-order valence-corrected chi connectivity index (χ0v) is 54.4. The fraction of sp³-hybridized carbons (Fsp3) is 0.701. The second kappa shape index (κ2) is 30.4. The monoisotopic (exact) mass is 1290 g/mol. The predicted octanol–water partition coefficient (Wildman–Crippen LogP) is 7.11. The number of nitrogens with zero attached hydrogens (tertiary/aromatic N) is 4. The summed E-state index contributed by atoms with van der Waals surface area (Å²) in [7, 11) is -3.92. The number of urea groups is 2. The van der Waals surface area contributed by atoms with Crippen molar-refractivity contribution >= 4 is 68.4 Å². The Hall–Kier alpha value is -5.62. The van der Waals surface area contributed by atoms with Gasteiger partial charge < -0.3 is 61.3 Å². The van der Waals surface area contributed by atoms with Crippen molar-refractivity contribution in [2.45, 2.75) is 207 Å². The van der Waals surface area contributed by atoms with Crippen molar-refractivity contribution < 1.29 is 57.2 Å². The molecule has 496 valence electrons.